The van der Waals surface area contributed by atoms with Crippen molar-refractivity contribution >= 4 is 31.3 Å². The van der Waals surface area contributed by atoms with Gasteiger partial charge in [0.2, 0.25) is 0 Å². The van der Waals surface area contributed by atoms with E-state index in [9.17, 15) is 28.5 Å². The van der Waals surface area contributed by atoms with E-state index in [1.54, 1.807) is 0 Å². The third-order valence-electron chi connectivity index (χ3n) is 3.03. The first-order valence-electron chi connectivity index (χ1n) is 6.52. The molecule has 0 aliphatic heterocycles. The van der Waals surface area contributed by atoms with Crippen LogP contribution in [0, 0.1) is 0 Å². The Bertz CT molecular complexity index is 664. The molecule has 1 saturated carbocycles. The maximum Gasteiger partial charge on any atom is 0.470 e. The smallest absolute Gasteiger partial charge is 0.387 e. The summed E-state index contributed by atoms with van der Waals surface area (Å²) in [7, 11) is -22.5. The molecule has 1 fully saturated rings. The number of hydrogen-bond acceptors (Lipinski definition) is 10. The van der Waals surface area contributed by atoms with E-state index in [-0.39, 0.29) is 0 Å². The summed E-state index contributed by atoms with van der Waals surface area (Å²) in [6.45, 7) is 0. The first kappa shape index (κ1) is 26.4. The first-order valence-corrected chi connectivity index (χ1v) is 12.6. The van der Waals surface area contributed by atoms with Gasteiger partial charge in [-0.3, -0.25) is 18.1 Å². The Morgan fingerprint density at radius 2 is 0.607 bits per heavy atom. The molecule has 0 radical (unpaired) electrons. The average Bonchev–Trinajstić information content (AvgIpc) is 2.39. The lowest BCUT2D eigenvalue weighted by atomic mass is 9.85. The van der Waals surface area contributed by atoms with Crippen molar-refractivity contribution in [1.29, 1.82) is 0 Å². The topological polar surface area (TPSA) is 308 Å². The van der Waals surface area contributed by atoms with Crippen molar-refractivity contribution in [3.05, 3.63) is 0 Å². The van der Waals surface area contributed by atoms with Gasteiger partial charge in [-0.1, -0.05) is 0 Å². The molecule has 10 N–H and O–H groups in total. The molecular formula is C6H16O18P4. The van der Waals surface area contributed by atoms with Crippen LogP contribution in [0.15, 0.2) is 0 Å². The first-order chi connectivity index (χ1) is 12.2. The molecule has 22 heteroatoms. The fourth-order valence-electron chi connectivity index (χ4n) is 2.27. The third kappa shape index (κ3) is 8.62. The summed E-state index contributed by atoms with van der Waals surface area (Å²) in [4.78, 5) is 71.1. The highest BCUT2D eigenvalue weighted by Gasteiger charge is 2.58. The normalized spacial score (nSPS) is 33.1. The molecule has 18 nitrogen and oxygen atoms in total. The summed E-state index contributed by atoms with van der Waals surface area (Å²) >= 11 is 0. The van der Waals surface area contributed by atoms with Crippen molar-refractivity contribution in [2.24, 2.45) is 0 Å². The van der Waals surface area contributed by atoms with Crippen LogP contribution in [0.4, 0.5) is 0 Å². The fraction of sp³-hybridized carbons (Fsp3) is 1.00. The van der Waals surface area contributed by atoms with E-state index in [1.807, 2.05) is 0 Å². The Labute approximate surface area is 154 Å². The van der Waals surface area contributed by atoms with Gasteiger partial charge in [0, 0.05) is 0 Å². The largest absolute Gasteiger partial charge is 0.470 e. The van der Waals surface area contributed by atoms with E-state index >= 15 is 0 Å². The summed E-state index contributed by atoms with van der Waals surface area (Å²) in [6.07, 6.45) is -15.9. The van der Waals surface area contributed by atoms with E-state index in [4.69, 9.17) is 39.1 Å². The minimum Gasteiger partial charge on any atom is -0.387 e. The Morgan fingerprint density at radius 1 is 0.429 bits per heavy atom. The highest BCUT2D eigenvalue weighted by molar-refractivity contribution is 7.47. The van der Waals surface area contributed by atoms with Gasteiger partial charge in [0.05, 0.1) is 0 Å². The van der Waals surface area contributed by atoms with Crippen molar-refractivity contribution in [2.45, 2.75) is 36.6 Å². The third-order valence-corrected chi connectivity index (χ3v) is 5.10. The molecule has 1 aliphatic rings. The van der Waals surface area contributed by atoms with Gasteiger partial charge in [-0.25, -0.2) is 18.3 Å². The van der Waals surface area contributed by atoms with Gasteiger partial charge >= 0.3 is 31.3 Å². The lowest BCUT2D eigenvalue weighted by molar-refractivity contribution is -0.209. The predicted octanol–water partition coefficient (Wildman–Crippen LogP) is -3.37. The Balaban J connectivity index is 3.53. The molecule has 0 aromatic heterocycles. The number of rotatable bonds is 8. The lowest BCUT2D eigenvalue weighted by Gasteiger charge is -2.45. The van der Waals surface area contributed by atoms with E-state index in [1.165, 1.54) is 0 Å². The van der Waals surface area contributed by atoms with Gasteiger partial charge in [-0.15, -0.1) is 0 Å². The molecule has 0 saturated heterocycles. The zero-order valence-corrected chi connectivity index (χ0v) is 16.6. The minimum atomic E-state index is -5.67. The quantitative estimate of drug-likeness (QED) is 0.145. The minimum absolute atomic E-state index is 2.60. The Kier molecular flexibility index (Phi) is 8.34. The van der Waals surface area contributed by atoms with Crippen LogP contribution < -0.4 is 0 Å². The second kappa shape index (κ2) is 8.85. The van der Waals surface area contributed by atoms with Gasteiger partial charge in [0.1, 0.15) is 36.6 Å². The highest BCUT2D eigenvalue weighted by atomic mass is 31.2. The standard InChI is InChI=1S/C6H16O18P4/c7-1-2(8)4(22-26(12,13)14)6(24-28(18,19)20)5(23-27(15,16)17)3(1)21-25(9,10)11/h1-8H,(H2,9,10,11)(H2,12,13,14)(H2,15,16,17)(H2,18,19,20)/t1-,2+,3-,4-,5-,6+/m0/s1. The fourth-order valence-corrected chi connectivity index (χ4v) is 4.51. The van der Waals surface area contributed by atoms with Crippen molar-refractivity contribution in [2.75, 3.05) is 0 Å². The molecule has 0 unspecified atom stereocenters. The molecule has 0 spiro atoms. The monoisotopic (exact) mass is 500 g/mol. The molecule has 0 heterocycles. The summed E-state index contributed by atoms with van der Waals surface area (Å²) in [5.41, 5.74) is 0. The molecule has 0 bridgehead atoms. The van der Waals surface area contributed by atoms with Crippen LogP contribution in [-0.4, -0.2) is 86.0 Å². The molecule has 0 aromatic carbocycles. The van der Waals surface area contributed by atoms with Crippen LogP contribution in [0.2, 0.25) is 0 Å². The molecule has 1 aliphatic carbocycles. The van der Waals surface area contributed by atoms with Crippen LogP contribution in [0.3, 0.4) is 0 Å². The molecule has 0 aromatic rings. The van der Waals surface area contributed by atoms with E-state index in [0.717, 1.165) is 0 Å². The maximum absolute atomic E-state index is 11.1. The van der Waals surface area contributed by atoms with Gasteiger partial charge in [0.15, 0.2) is 0 Å². The van der Waals surface area contributed by atoms with Crippen molar-refractivity contribution in [3.8, 4) is 0 Å². The summed E-state index contributed by atoms with van der Waals surface area (Å²) < 4.78 is 60.6. The lowest BCUT2D eigenvalue weighted by Crippen LogP contribution is -2.65. The van der Waals surface area contributed by atoms with Crippen molar-refractivity contribution in [3.63, 3.8) is 0 Å². The van der Waals surface area contributed by atoms with Crippen molar-refractivity contribution < 1.29 is 85.7 Å². The van der Waals surface area contributed by atoms with Crippen LogP contribution >= 0.6 is 31.3 Å². The molecule has 0 amide bonds. The van der Waals surface area contributed by atoms with Crippen LogP contribution in [0.25, 0.3) is 0 Å². The Morgan fingerprint density at radius 3 is 0.786 bits per heavy atom. The number of aliphatic hydroxyl groups excluding tert-OH is 2. The summed E-state index contributed by atoms with van der Waals surface area (Å²) in [5.74, 6) is 0. The van der Waals surface area contributed by atoms with Crippen LogP contribution in [-0.2, 0) is 36.4 Å². The van der Waals surface area contributed by atoms with Gasteiger partial charge in [-0.2, -0.15) is 0 Å². The van der Waals surface area contributed by atoms with E-state index in [2.05, 4.69) is 18.1 Å². The zero-order chi connectivity index (χ0) is 22.3. The maximum atomic E-state index is 11.1. The number of phosphoric ester groups is 4. The predicted molar refractivity (Wildman–Crippen MR) is 79.7 cm³/mol. The van der Waals surface area contributed by atoms with Gasteiger partial charge < -0.3 is 49.4 Å². The number of aliphatic hydroxyl groups is 2. The zero-order valence-electron chi connectivity index (χ0n) is 13.0. The Hall–Kier alpha value is 0.360. The molecule has 28 heavy (non-hydrogen) atoms. The molecule has 168 valence electrons. The van der Waals surface area contributed by atoms with Crippen molar-refractivity contribution in [1.82, 2.24) is 0 Å². The van der Waals surface area contributed by atoms with Gasteiger partial charge in [-0.05, 0) is 0 Å². The van der Waals surface area contributed by atoms with Gasteiger partial charge in [0.25, 0.3) is 0 Å². The number of hydrogen-bond donors (Lipinski definition) is 10. The second-order valence-electron chi connectivity index (χ2n) is 5.22. The number of phosphoric acid groups is 4. The second-order valence-corrected chi connectivity index (χ2v) is 9.99. The SMILES string of the molecule is O=P(O)(O)O[C@@H]1[C@H](OP(=O)(O)O)[C@@H](OP(=O)(O)O)[C@H](O)[C@H](O)[C@@H]1OP(=O)(O)O. The molecular weight excluding hydrogens is 484 g/mol. The molecule has 1 rings (SSSR count). The van der Waals surface area contributed by atoms with Crippen LogP contribution in [0.1, 0.15) is 0 Å². The average molecular weight is 500 g/mol. The van der Waals surface area contributed by atoms with E-state index < -0.39 is 67.9 Å². The van der Waals surface area contributed by atoms with E-state index in [0.29, 0.717) is 0 Å². The summed E-state index contributed by atoms with van der Waals surface area (Å²) in [5, 5.41) is 19.8. The van der Waals surface area contributed by atoms with Crippen LogP contribution in [0.5, 0.6) is 0 Å². The summed E-state index contributed by atoms with van der Waals surface area (Å²) in [6, 6.07) is 0. The molecule has 6 atom stereocenters. The highest BCUT2D eigenvalue weighted by Crippen LogP contribution is 2.52.